The molecule has 94 valence electrons. The summed E-state index contributed by atoms with van der Waals surface area (Å²) in [5.74, 6) is 0.251. The minimum atomic E-state index is -0.461. The number of aromatic hydroxyl groups is 1. The van der Waals surface area contributed by atoms with Gasteiger partial charge in [-0.2, -0.15) is 0 Å². The molecule has 4 N–H and O–H groups in total. The SMILES string of the molecule is C[C@@](N)(CN1CC[C@H](O)C1)c1ccc(O)cc1. The lowest BCUT2D eigenvalue weighted by molar-refractivity contribution is 0.167. The highest BCUT2D eigenvalue weighted by molar-refractivity contribution is 5.30. The van der Waals surface area contributed by atoms with Gasteiger partial charge >= 0.3 is 0 Å². The number of nitrogens with zero attached hydrogens (tertiary/aromatic N) is 1. The molecular weight excluding hydrogens is 216 g/mol. The van der Waals surface area contributed by atoms with Gasteiger partial charge in [-0.25, -0.2) is 0 Å². The number of phenolic OH excluding ortho intramolecular Hbond substituents is 1. The van der Waals surface area contributed by atoms with E-state index in [1.165, 1.54) is 0 Å². The maximum Gasteiger partial charge on any atom is 0.115 e. The molecule has 2 atom stereocenters. The summed E-state index contributed by atoms with van der Waals surface area (Å²) in [4.78, 5) is 2.18. The number of aliphatic hydroxyl groups excluding tert-OH is 1. The Labute approximate surface area is 102 Å². The number of phenols is 1. The van der Waals surface area contributed by atoms with Gasteiger partial charge < -0.3 is 15.9 Å². The summed E-state index contributed by atoms with van der Waals surface area (Å²) in [6.07, 6.45) is 0.608. The minimum Gasteiger partial charge on any atom is -0.508 e. The second-order valence-electron chi connectivity index (χ2n) is 5.14. The first-order chi connectivity index (χ1) is 7.97. The van der Waals surface area contributed by atoms with Crippen molar-refractivity contribution < 1.29 is 10.2 Å². The number of rotatable bonds is 3. The van der Waals surface area contributed by atoms with Gasteiger partial charge in [-0.15, -0.1) is 0 Å². The summed E-state index contributed by atoms with van der Waals surface area (Å²) in [6, 6.07) is 7.00. The zero-order valence-corrected chi connectivity index (χ0v) is 10.1. The quantitative estimate of drug-likeness (QED) is 0.720. The number of nitrogens with two attached hydrogens (primary N) is 1. The fraction of sp³-hybridized carbons (Fsp3) is 0.538. The summed E-state index contributed by atoms with van der Waals surface area (Å²) < 4.78 is 0. The Morgan fingerprint density at radius 2 is 2.06 bits per heavy atom. The van der Waals surface area contributed by atoms with E-state index in [0.29, 0.717) is 6.54 Å². The van der Waals surface area contributed by atoms with Crippen molar-refractivity contribution in [3.63, 3.8) is 0 Å². The molecule has 1 aromatic carbocycles. The van der Waals surface area contributed by atoms with Crippen molar-refractivity contribution in [1.82, 2.24) is 4.90 Å². The molecule has 17 heavy (non-hydrogen) atoms. The standard InChI is InChI=1S/C13H20N2O2/c1-13(14,9-15-7-6-12(17)8-15)10-2-4-11(16)5-3-10/h2-5,12,16-17H,6-9,14H2,1H3/t12-,13+/m0/s1. The number of benzene rings is 1. The zero-order valence-electron chi connectivity index (χ0n) is 10.1. The van der Waals surface area contributed by atoms with Gasteiger partial charge in [0, 0.05) is 19.6 Å². The van der Waals surface area contributed by atoms with Gasteiger partial charge in [0.2, 0.25) is 0 Å². The predicted octanol–water partition coefficient (Wildman–Crippen LogP) is 0.633. The lowest BCUT2D eigenvalue weighted by Crippen LogP contribution is -2.44. The third kappa shape index (κ3) is 2.97. The fourth-order valence-corrected chi connectivity index (χ4v) is 2.35. The van der Waals surface area contributed by atoms with Gasteiger partial charge in [0.05, 0.1) is 11.6 Å². The molecule has 1 aliphatic heterocycles. The molecule has 0 bridgehead atoms. The molecule has 0 aliphatic carbocycles. The van der Waals surface area contributed by atoms with Crippen LogP contribution in [0.2, 0.25) is 0 Å². The Morgan fingerprint density at radius 3 is 2.59 bits per heavy atom. The zero-order chi connectivity index (χ0) is 12.5. The first-order valence-electron chi connectivity index (χ1n) is 5.96. The molecule has 1 aliphatic rings. The first kappa shape index (κ1) is 12.4. The van der Waals surface area contributed by atoms with Crippen LogP contribution in [0.25, 0.3) is 0 Å². The molecule has 0 saturated carbocycles. The Kier molecular flexibility index (Phi) is 3.38. The van der Waals surface area contributed by atoms with E-state index >= 15 is 0 Å². The van der Waals surface area contributed by atoms with Crippen LogP contribution in [0.15, 0.2) is 24.3 Å². The van der Waals surface area contributed by atoms with E-state index in [9.17, 15) is 10.2 Å². The highest BCUT2D eigenvalue weighted by atomic mass is 16.3. The number of hydrogen-bond donors (Lipinski definition) is 3. The minimum absolute atomic E-state index is 0.217. The van der Waals surface area contributed by atoms with Gasteiger partial charge in [0.1, 0.15) is 5.75 Å². The van der Waals surface area contributed by atoms with Gasteiger partial charge in [-0.1, -0.05) is 12.1 Å². The van der Waals surface area contributed by atoms with E-state index in [4.69, 9.17) is 5.73 Å². The lowest BCUT2D eigenvalue weighted by Gasteiger charge is -2.30. The van der Waals surface area contributed by atoms with Crippen molar-refractivity contribution in [2.45, 2.75) is 25.0 Å². The Morgan fingerprint density at radius 1 is 1.41 bits per heavy atom. The molecule has 1 saturated heterocycles. The van der Waals surface area contributed by atoms with Crippen molar-refractivity contribution in [2.75, 3.05) is 19.6 Å². The number of likely N-dealkylation sites (tertiary alicyclic amines) is 1. The summed E-state index contributed by atoms with van der Waals surface area (Å²) in [5, 5.41) is 18.7. The molecule has 0 amide bonds. The maximum atomic E-state index is 9.49. The van der Waals surface area contributed by atoms with Crippen molar-refractivity contribution in [3.8, 4) is 5.75 Å². The monoisotopic (exact) mass is 236 g/mol. The molecule has 4 heteroatoms. The second kappa shape index (κ2) is 4.64. The molecule has 0 radical (unpaired) electrons. The summed E-state index contributed by atoms with van der Waals surface area (Å²) in [6.45, 7) is 4.29. The van der Waals surface area contributed by atoms with E-state index in [1.807, 2.05) is 19.1 Å². The molecule has 1 aromatic rings. The second-order valence-corrected chi connectivity index (χ2v) is 5.14. The van der Waals surface area contributed by atoms with Crippen LogP contribution in [0.4, 0.5) is 0 Å². The van der Waals surface area contributed by atoms with Gasteiger partial charge in [0.25, 0.3) is 0 Å². The average Bonchev–Trinajstić information content (AvgIpc) is 2.63. The van der Waals surface area contributed by atoms with Crippen LogP contribution in [0.1, 0.15) is 18.9 Å². The van der Waals surface area contributed by atoms with Crippen molar-refractivity contribution in [3.05, 3.63) is 29.8 Å². The summed E-state index contributed by atoms with van der Waals surface area (Å²) in [7, 11) is 0. The number of β-amino-alcohol motifs (C(OH)–C–C–N with tert-alkyl or cyclic N) is 1. The van der Waals surface area contributed by atoms with Crippen molar-refractivity contribution in [2.24, 2.45) is 5.73 Å². The summed E-state index contributed by atoms with van der Waals surface area (Å²) in [5.41, 5.74) is 6.84. The topological polar surface area (TPSA) is 69.7 Å². The van der Waals surface area contributed by atoms with Crippen molar-refractivity contribution in [1.29, 1.82) is 0 Å². The van der Waals surface area contributed by atoms with Crippen LogP contribution < -0.4 is 5.73 Å². The molecule has 4 nitrogen and oxygen atoms in total. The van der Waals surface area contributed by atoms with Crippen LogP contribution in [-0.2, 0) is 5.54 Å². The van der Waals surface area contributed by atoms with E-state index in [0.717, 1.165) is 25.1 Å². The predicted molar refractivity (Wildman–Crippen MR) is 66.7 cm³/mol. The molecule has 0 aromatic heterocycles. The smallest absolute Gasteiger partial charge is 0.115 e. The first-order valence-corrected chi connectivity index (χ1v) is 5.96. The van der Waals surface area contributed by atoms with Crippen LogP contribution in [0, 0.1) is 0 Å². The van der Waals surface area contributed by atoms with Crippen LogP contribution in [0.3, 0.4) is 0 Å². The lowest BCUT2D eigenvalue weighted by atomic mass is 9.92. The van der Waals surface area contributed by atoms with Gasteiger partial charge in [0.15, 0.2) is 0 Å². The third-order valence-electron chi connectivity index (χ3n) is 3.33. The van der Waals surface area contributed by atoms with Crippen molar-refractivity contribution >= 4 is 0 Å². The third-order valence-corrected chi connectivity index (χ3v) is 3.33. The molecule has 0 spiro atoms. The Balaban J connectivity index is 2.05. The normalized spacial score (nSPS) is 24.8. The molecular formula is C13H20N2O2. The number of aliphatic hydroxyl groups is 1. The largest absolute Gasteiger partial charge is 0.508 e. The van der Waals surface area contributed by atoms with E-state index in [-0.39, 0.29) is 11.9 Å². The van der Waals surface area contributed by atoms with E-state index in [1.54, 1.807) is 12.1 Å². The fourth-order valence-electron chi connectivity index (χ4n) is 2.35. The summed E-state index contributed by atoms with van der Waals surface area (Å²) >= 11 is 0. The highest BCUT2D eigenvalue weighted by Crippen LogP contribution is 2.23. The van der Waals surface area contributed by atoms with Crippen LogP contribution in [0.5, 0.6) is 5.75 Å². The average molecular weight is 236 g/mol. The highest BCUT2D eigenvalue weighted by Gasteiger charge is 2.28. The molecule has 1 heterocycles. The Bertz CT molecular complexity index is 376. The van der Waals surface area contributed by atoms with Crippen LogP contribution >= 0.6 is 0 Å². The van der Waals surface area contributed by atoms with E-state index in [2.05, 4.69) is 4.90 Å². The Hall–Kier alpha value is -1.10. The number of hydrogen-bond acceptors (Lipinski definition) is 4. The van der Waals surface area contributed by atoms with Gasteiger partial charge in [-0.05, 0) is 31.0 Å². The maximum absolute atomic E-state index is 9.49. The van der Waals surface area contributed by atoms with E-state index < -0.39 is 5.54 Å². The van der Waals surface area contributed by atoms with Gasteiger partial charge in [-0.3, -0.25) is 4.90 Å². The molecule has 2 rings (SSSR count). The molecule has 1 fully saturated rings. The van der Waals surface area contributed by atoms with Crippen LogP contribution in [-0.4, -0.2) is 40.9 Å². The molecule has 0 unspecified atom stereocenters.